The van der Waals surface area contributed by atoms with Gasteiger partial charge in [-0.1, -0.05) is 40.9 Å². The molecule has 4 nitrogen and oxygen atoms in total. The number of carbonyl (C=O) groups is 1. The van der Waals surface area contributed by atoms with E-state index in [-0.39, 0.29) is 30.3 Å². The van der Waals surface area contributed by atoms with Crippen LogP contribution in [0.5, 0.6) is 0 Å². The third-order valence-electron chi connectivity index (χ3n) is 4.30. The van der Waals surface area contributed by atoms with Gasteiger partial charge in [-0.15, -0.1) is 12.4 Å². The highest BCUT2D eigenvalue weighted by atomic mass is 79.9. The van der Waals surface area contributed by atoms with Crippen LogP contribution in [0.25, 0.3) is 0 Å². The molecule has 1 amide bonds. The minimum Gasteiger partial charge on any atom is -0.383 e. The van der Waals surface area contributed by atoms with E-state index in [1.54, 1.807) is 7.11 Å². The van der Waals surface area contributed by atoms with E-state index in [2.05, 4.69) is 45.5 Å². The first-order chi connectivity index (χ1) is 10.1. The molecule has 22 heavy (non-hydrogen) atoms. The van der Waals surface area contributed by atoms with Gasteiger partial charge in [0.1, 0.15) is 6.04 Å². The van der Waals surface area contributed by atoms with Crippen LogP contribution in [-0.2, 0) is 14.9 Å². The number of hydrogen-bond donors (Lipinski definition) is 2. The zero-order valence-electron chi connectivity index (χ0n) is 12.8. The van der Waals surface area contributed by atoms with E-state index in [1.165, 1.54) is 18.4 Å². The van der Waals surface area contributed by atoms with Crippen molar-refractivity contribution in [1.82, 2.24) is 5.32 Å². The molecule has 124 valence electrons. The second-order valence-corrected chi connectivity index (χ2v) is 6.69. The predicted molar refractivity (Wildman–Crippen MR) is 94.4 cm³/mol. The molecule has 1 saturated carbocycles. The Kier molecular flexibility index (Phi) is 7.83. The van der Waals surface area contributed by atoms with Gasteiger partial charge >= 0.3 is 0 Å². The molecule has 0 radical (unpaired) electrons. The second-order valence-electron chi connectivity index (χ2n) is 5.77. The molecule has 0 aliphatic heterocycles. The van der Waals surface area contributed by atoms with E-state index in [4.69, 9.17) is 10.5 Å². The maximum Gasteiger partial charge on any atom is 0.239 e. The molecule has 2 rings (SSSR count). The number of nitrogens with one attached hydrogen (secondary N) is 1. The Morgan fingerprint density at radius 3 is 2.50 bits per heavy atom. The smallest absolute Gasteiger partial charge is 0.239 e. The van der Waals surface area contributed by atoms with Crippen molar-refractivity contribution in [1.29, 1.82) is 0 Å². The van der Waals surface area contributed by atoms with E-state index in [1.807, 2.05) is 0 Å². The number of ether oxygens (including phenoxy) is 1. The molecule has 1 unspecified atom stereocenters. The van der Waals surface area contributed by atoms with E-state index in [9.17, 15) is 4.79 Å². The molecule has 6 heteroatoms. The van der Waals surface area contributed by atoms with Gasteiger partial charge in [0.25, 0.3) is 0 Å². The average Bonchev–Trinajstić information content (AvgIpc) is 2.96. The Morgan fingerprint density at radius 1 is 1.36 bits per heavy atom. The first-order valence-electron chi connectivity index (χ1n) is 7.36. The molecule has 0 heterocycles. The molecule has 1 aromatic rings. The van der Waals surface area contributed by atoms with Gasteiger partial charge in [0.2, 0.25) is 5.91 Å². The number of amides is 1. The topological polar surface area (TPSA) is 64.3 Å². The monoisotopic (exact) mass is 390 g/mol. The number of halogens is 2. The number of nitrogens with two attached hydrogens (primary N) is 1. The van der Waals surface area contributed by atoms with Gasteiger partial charge < -0.3 is 15.8 Å². The summed E-state index contributed by atoms with van der Waals surface area (Å²) < 4.78 is 6.00. The van der Waals surface area contributed by atoms with Crippen LogP contribution < -0.4 is 11.1 Å². The molecule has 1 aliphatic carbocycles. The lowest BCUT2D eigenvalue weighted by atomic mass is 9.79. The van der Waals surface area contributed by atoms with E-state index < -0.39 is 6.04 Å². The molecular weight excluding hydrogens is 368 g/mol. The summed E-state index contributed by atoms with van der Waals surface area (Å²) in [5, 5.41) is 3.01. The fourth-order valence-corrected chi connectivity index (χ4v) is 3.33. The summed E-state index contributed by atoms with van der Waals surface area (Å²) in [6, 6.07) is 7.83. The van der Waals surface area contributed by atoms with Gasteiger partial charge in [0.15, 0.2) is 0 Å². The van der Waals surface area contributed by atoms with Crippen molar-refractivity contribution in [2.24, 2.45) is 5.73 Å². The Bertz CT molecular complexity index is 476. The van der Waals surface area contributed by atoms with Crippen LogP contribution >= 0.6 is 28.3 Å². The average molecular weight is 392 g/mol. The molecule has 1 aliphatic rings. The number of carbonyl (C=O) groups excluding carboxylic acids is 1. The lowest BCUT2D eigenvalue weighted by molar-refractivity contribution is -0.123. The molecule has 1 aromatic carbocycles. The maximum atomic E-state index is 12.0. The van der Waals surface area contributed by atoms with Gasteiger partial charge in [0, 0.05) is 23.5 Å². The van der Waals surface area contributed by atoms with Crippen LogP contribution in [0.4, 0.5) is 0 Å². The summed E-state index contributed by atoms with van der Waals surface area (Å²) in [7, 11) is 1.55. The largest absolute Gasteiger partial charge is 0.383 e. The number of methoxy groups -OCH3 is 1. The first-order valence-corrected chi connectivity index (χ1v) is 8.15. The van der Waals surface area contributed by atoms with Crippen molar-refractivity contribution < 1.29 is 9.53 Å². The summed E-state index contributed by atoms with van der Waals surface area (Å²) in [6.45, 7) is 0.891. The van der Waals surface area contributed by atoms with Crippen LogP contribution in [0.15, 0.2) is 28.7 Å². The third kappa shape index (κ3) is 4.69. The van der Waals surface area contributed by atoms with Crippen molar-refractivity contribution in [3.63, 3.8) is 0 Å². The molecule has 0 spiro atoms. The third-order valence-corrected chi connectivity index (χ3v) is 4.83. The minimum absolute atomic E-state index is 0. The van der Waals surface area contributed by atoms with Crippen LogP contribution in [0.3, 0.4) is 0 Å². The standard InChI is InChI=1S/C16H23BrN2O2.ClH/c1-21-10-14(18)15(20)19-11-16(8-2-3-9-16)12-4-6-13(17)7-5-12;/h4-7,14H,2-3,8-11,18H2,1H3,(H,19,20);1H. The van der Waals surface area contributed by atoms with Crippen molar-refractivity contribution in [3.8, 4) is 0 Å². The fourth-order valence-electron chi connectivity index (χ4n) is 3.07. The zero-order chi connectivity index (χ0) is 15.3. The lowest BCUT2D eigenvalue weighted by Gasteiger charge is -2.30. The minimum atomic E-state index is -0.599. The van der Waals surface area contributed by atoms with Crippen LogP contribution in [0.1, 0.15) is 31.2 Å². The number of benzene rings is 1. The second kappa shape index (κ2) is 8.87. The summed E-state index contributed by atoms with van der Waals surface area (Å²) in [5.74, 6) is -0.139. The van der Waals surface area contributed by atoms with Crippen molar-refractivity contribution >= 4 is 34.2 Å². The molecule has 1 atom stereocenters. The Labute approximate surface area is 146 Å². The van der Waals surface area contributed by atoms with Crippen molar-refractivity contribution in [3.05, 3.63) is 34.3 Å². The molecule has 0 bridgehead atoms. The van der Waals surface area contributed by atoms with Gasteiger partial charge in [0.05, 0.1) is 6.61 Å². The lowest BCUT2D eigenvalue weighted by Crippen LogP contribution is -2.47. The maximum absolute atomic E-state index is 12.0. The van der Waals surface area contributed by atoms with Gasteiger partial charge in [-0.2, -0.15) is 0 Å². The quantitative estimate of drug-likeness (QED) is 0.784. The summed E-state index contributed by atoms with van der Waals surface area (Å²) >= 11 is 3.47. The molecular formula is C16H24BrClN2O2. The molecule has 1 fully saturated rings. The van der Waals surface area contributed by atoms with E-state index in [0.29, 0.717) is 6.54 Å². The van der Waals surface area contributed by atoms with E-state index in [0.717, 1.165) is 17.3 Å². The highest BCUT2D eigenvalue weighted by molar-refractivity contribution is 9.10. The fraction of sp³-hybridized carbons (Fsp3) is 0.562. The molecule has 3 N–H and O–H groups in total. The van der Waals surface area contributed by atoms with Crippen LogP contribution in [-0.4, -0.2) is 32.2 Å². The summed E-state index contributed by atoms with van der Waals surface area (Å²) in [6.07, 6.45) is 4.62. The predicted octanol–water partition coefficient (Wildman–Crippen LogP) is 2.77. The number of hydrogen-bond acceptors (Lipinski definition) is 3. The van der Waals surface area contributed by atoms with Gasteiger partial charge in [-0.3, -0.25) is 4.79 Å². The Hall–Kier alpha value is -0.620. The SMILES string of the molecule is COCC(N)C(=O)NCC1(c2ccc(Br)cc2)CCCC1.Cl. The van der Waals surface area contributed by atoms with Gasteiger partial charge in [-0.05, 0) is 30.5 Å². The normalized spacial score (nSPS) is 17.6. The molecule has 0 aromatic heterocycles. The van der Waals surface area contributed by atoms with Crippen LogP contribution in [0.2, 0.25) is 0 Å². The van der Waals surface area contributed by atoms with Gasteiger partial charge in [-0.25, -0.2) is 0 Å². The highest BCUT2D eigenvalue weighted by Gasteiger charge is 2.36. The van der Waals surface area contributed by atoms with Crippen molar-refractivity contribution in [2.75, 3.05) is 20.3 Å². The molecule has 0 saturated heterocycles. The van der Waals surface area contributed by atoms with Crippen molar-refractivity contribution in [2.45, 2.75) is 37.1 Å². The van der Waals surface area contributed by atoms with Crippen LogP contribution in [0, 0.1) is 0 Å². The number of rotatable bonds is 6. The first kappa shape index (κ1) is 19.4. The van der Waals surface area contributed by atoms with E-state index >= 15 is 0 Å². The summed E-state index contributed by atoms with van der Waals surface area (Å²) in [4.78, 5) is 12.0. The zero-order valence-corrected chi connectivity index (χ0v) is 15.2. The summed E-state index contributed by atoms with van der Waals surface area (Å²) in [5.41, 5.74) is 7.11. The highest BCUT2D eigenvalue weighted by Crippen LogP contribution is 2.40. The Morgan fingerprint density at radius 2 is 1.95 bits per heavy atom. The Balaban J connectivity index is 0.00000242.